The quantitative estimate of drug-likeness (QED) is 0.570. The van der Waals surface area contributed by atoms with Gasteiger partial charge in [0.15, 0.2) is 11.6 Å². The van der Waals surface area contributed by atoms with Crippen LogP contribution >= 0.6 is 23.4 Å². The van der Waals surface area contributed by atoms with Crippen molar-refractivity contribution >= 4 is 35.0 Å². The summed E-state index contributed by atoms with van der Waals surface area (Å²) in [6.07, 6.45) is -4.60. The van der Waals surface area contributed by atoms with Crippen molar-refractivity contribution in [2.75, 3.05) is 11.1 Å². The highest BCUT2D eigenvalue weighted by Gasteiger charge is 2.33. The van der Waals surface area contributed by atoms with E-state index in [9.17, 15) is 26.7 Å². The fraction of sp³-hybridized carbons (Fsp3) is 0.133. The predicted octanol–water partition coefficient (Wildman–Crippen LogP) is 5.37. The standard InChI is InChI=1S/C15H9ClF5NOS/c16-11-3-2-9(6-10(11)15(19,20)21)24-7-14(23)22-8-1-4-12(17)13(18)5-8/h1-6H,7H2,(H,22,23). The lowest BCUT2D eigenvalue weighted by Crippen LogP contribution is -2.14. The van der Waals surface area contributed by atoms with Crippen molar-refractivity contribution in [1.29, 1.82) is 0 Å². The molecule has 0 saturated heterocycles. The van der Waals surface area contributed by atoms with E-state index in [-0.39, 0.29) is 16.3 Å². The fourth-order valence-electron chi connectivity index (χ4n) is 1.73. The molecule has 2 nitrogen and oxygen atoms in total. The lowest BCUT2D eigenvalue weighted by Gasteiger charge is -2.11. The molecule has 1 N–H and O–H groups in total. The second-order valence-electron chi connectivity index (χ2n) is 4.61. The summed E-state index contributed by atoms with van der Waals surface area (Å²) in [6.45, 7) is 0. The molecule has 0 unspecified atom stereocenters. The van der Waals surface area contributed by atoms with Crippen molar-refractivity contribution in [3.05, 3.63) is 58.6 Å². The second-order valence-corrected chi connectivity index (χ2v) is 6.06. The zero-order chi connectivity index (χ0) is 17.9. The Hall–Kier alpha value is -1.80. The number of thioether (sulfide) groups is 1. The van der Waals surface area contributed by atoms with Gasteiger partial charge in [-0.3, -0.25) is 4.79 Å². The van der Waals surface area contributed by atoms with Gasteiger partial charge in [0.25, 0.3) is 0 Å². The maximum atomic E-state index is 13.0. The molecule has 0 aliphatic rings. The van der Waals surface area contributed by atoms with Crippen molar-refractivity contribution in [2.24, 2.45) is 0 Å². The van der Waals surface area contributed by atoms with Crippen LogP contribution in [0.15, 0.2) is 41.3 Å². The molecule has 0 aliphatic heterocycles. The zero-order valence-corrected chi connectivity index (χ0v) is 13.3. The van der Waals surface area contributed by atoms with Gasteiger partial charge in [0.1, 0.15) is 0 Å². The fourth-order valence-corrected chi connectivity index (χ4v) is 2.69. The Morgan fingerprint density at radius 1 is 1.08 bits per heavy atom. The number of nitrogens with one attached hydrogen (secondary N) is 1. The van der Waals surface area contributed by atoms with Gasteiger partial charge in [0.2, 0.25) is 5.91 Å². The second kappa shape index (κ2) is 7.40. The Balaban J connectivity index is 2.00. The van der Waals surface area contributed by atoms with E-state index in [0.29, 0.717) is 0 Å². The van der Waals surface area contributed by atoms with Gasteiger partial charge in [-0.25, -0.2) is 8.78 Å². The smallest absolute Gasteiger partial charge is 0.325 e. The van der Waals surface area contributed by atoms with Crippen LogP contribution in [-0.4, -0.2) is 11.7 Å². The van der Waals surface area contributed by atoms with E-state index in [2.05, 4.69) is 5.32 Å². The SMILES string of the molecule is O=C(CSc1ccc(Cl)c(C(F)(F)F)c1)Nc1ccc(F)c(F)c1. The molecule has 9 heteroatoms. The van der Waals surface area contributed by atoms with Gasteiger partial charge >= 0.3 is 6.18 Å². The summed E-state index contributed by atoms with van der Waals surface area (Å²) in [7, 11) is 0. The lowest BCUT2D eigenvalue weighted by molar-refractivity contribution is -0.137. The van der Waals surface area contributed by atoms with Crippen LogP contribution in [0.2, 0.25) is 5.02 Å². The minimum Gasteiger partial charge on any atom is -0.325 e. The number of hydrogen-bond acceptors (Lipinski definition) is 2. The molecule has 1 amide bonds. The molecule has 128 valence electrons. The minimum atomic E-state index is -4.60. The summed E-state index contributed by atoms with van der Waals surface area (Å²) in [6, 6.07) is 6.13. The van der Waals surface area contributed by atoms with E-state index >= 15 is 0 Å². The molecule has 0 radical (unpaired) electrons. The number of amides is 1. The first-order valence-corrected chi connectivity index (χ1v) is 7.77. The Kier molecular flexibility index (Phi) is 5.71. The number of rotatable bonds is 4. The third kappa shape index (κ3) is 4.85. The summed E-state index contributed by atoms with van der Waals surface area (Å²) in [5.41, 5.74) is -0.943. The van der Waals surface area contributed by atoms with E-state index in [1.807, 2.05) is 0 Å². The molecule has 0 atom stereocenters. The molecule has 0 saturated carbocycles. The molecule has 0 fully saturated rings. The van der Waals surface area contributed by atoms with Crippen LogP contribution in [0.1, 0.15) is 5.56 Å². The summed E-state index contributed by atoms with van der Waals surface area (Å²) < 4.78 is 64.0. The monoisotopic (exact) mass is 381 g/mol. The Morgan fingerprint density at radius 3 is 2.42 bits per heavy atom. The van der Waals surface area contributed by atoms with Crippen LogP contribution in [0.3, 0.4) is 0 Å². The van der Waals surface area contributed by atoms with E-state index in [1.165, 1.54) is 12.1 Å². The predicted molar refractivity (Wildman–Crippen MR) is 82.2 cm³/mol. The molecule has 2 rings (SSSR count). The Bertz CT molecular complexity index is 766. The molecule has 24 heavy (non-hydrogen) atoms. The average Bonchev–Trinajstić information content (AvgIpc) is 2.49. The number of halogens is 6. The van der Waals surface area contributed by atoms with Gasteiger partial charge in [0.05, 0.1) is 16.3 Å². The number of carbonyl (C=O) groups excluding carboxylic acids is 1. The normalized spacial score (nSPS) is 11.4. The molecule has 0 heterocycles. The third-order valence-electron chi connectivity index (χ3n) is 2.82. The highest BCUT2D eigenvalue weighted by Crippen LogP contribution is 2.37. The van der Waals surface area contributed by atoms with Crippen LogP contribution in [-0.2, 0) is 11.0 Å². The topological polar surface area (TPSA) is 29.1 Å². The highest BCUT2D eigenvalue weighted by molar-refractivity contribution is 8.00. The number of alkyl halides is 3. The molecule has 0 aromatic heterocycles. The van der Waals surface area contributed by atoms with Crippen LogP contribution in [0.25, 0.3) is 0 Å². The summed E-state index contributed by atoms with van der Waals surface area (Å²) >= 11 is 6.36. The van der Waals surface area contributed by atoms with Crippen molar-refractivity contribution in [2.45, 2.75) is 11.1 Å². The molecule has 2 aromatic rings. The lowest BCUT2D eigenvalue weighted by atomic mass is 10.2. The van der Waals surface area contributed by atoms with Crippen LogP contribution in [0.4, 0.5) is 27.6 Å². The first-order valence-electron chi connectivity index (χ1n) is 6.41. The number of anilines is 1. The van der Waals surface area contributed by atoms with E-state index < -0.39 is 34.3 Å². The molecule has 0 aliphatic carbocycles. The molecule has 0 bridgehead atoms. The van der Waals surface area contributed by atoms with Crippen LogP contribution < -0.4 is 5.32 Å². The van der Waals surface area contributed by atoms with E-state index in [1.54, 1.807) is 0 Å². The highest BCUT2D eigenvalue weighted by atomic mass is 35.5. The number of carbonyl (C=O) groups is 1. The first kappa shape index (κ1) is 18.5. The Labute approximate surface area is 143 Å². The van der Waals surface area contributed by atoms with Crippen molar-refractivity contribution in [3.63, 3.8) is 0 Å². The summed E-state index contributed by atoms with van der Waals surface area (Å²) in [5.74, 6) is -2.96. The molecular weight excluding hydrogens is 373 g/mol. The molecule has 0 spiro atoms. The van der Waals surface area contributed by atoms with E-state index in [4.69, 9.17) is 11.6 Å². The van der Waals surface area contributed by atoms with Crippen molar-refractivity contribution < 1.29 is 26.7 Å². The van der Waals surface area contributed by atoms with Crippen LogP contribution in [0, 0.1) is 11.6 Å². The Morgan fingerprint density at radius 2 is 1.79 bits per heavy atom. The van der Waals surface area contributed by atoms with Gasteiger partial charge in [0, 0.05) is 16.6 Å². The van der Waals surface area contributed by atoms with Crippen molar-refractivity contribution in [3.8, 4) is 0 Å². The summed E-state index contributed by atoms with van der Waals surface area (Å²) in [5, 5.41) is 1.89. The minimum absolute atomic E-state index is 0.0478. The molecule has 2 aromatic carbocycles. The van der Waals surface area contributed by atoms with E-state index in [0.717, 1.165) is 36.0 Å². The van der Waals surface area contributed by atoms with Gasteiger partial charge in [-0.2, -0.15) is 13.2 Å². The van der Waals surface area contributed by atoms with Gasteiger partial charge < -0.3 is 5.32 Å². The summed E-state index contributed by atoms with van der Waals surface area (Å²) in [4.78, 5) is 11.9. The number of benzene rings is 2. The zero-order valence-electron chi connectivity index (χ0n) is 11.8. The van der Waals surface area contributed by atoms with Gasteiger partial charge in [-0.05, 0) is 30.3 Å². The third-order valence-corrected chi connectivity index (χ3v) is 4.14. The number of hydrogen-bond donors (Lipinski definition) is 1. The van der Waals surface area contributed by atoms with Crippen LogP contribution in [0.5, 0.6) is 0 Å². The first-order chi connectivity index (χ1) is 11.2. The van der Waals surface area contributed by atoms with Gasteiger partial charge in [-0.15, -0.1) is 11.8 Å². The maximum Gasteiger partial charge on any atom is 0.417 e. The molecular formula is C15H9ClF5NOS. The maximum absolute atomic E-state index is 13.0. The average molecular weight is 382 g/mol. The largest absolute Gasteiger partial charge is 0.417 e. The van der Waals surface area contributed by atoms with Gasteiger partial charge in [-0.1, -0.05) is 11.6 Å². The van der Waals surface area contributed by atoms with Crippen molar-refractivity contribution in [1.82, 2.24) is 0 Å².